The number of halogens is 3. The molecule has 3 rings (SSSR count). The van der Waals surface area contributed by atoms with Crippen molar-refractivity contribution in [3.63, 3.8) is 0 Å². The van der Waals surface area contributed by atoms with Gasteiger partial charge in [0.05, 0.1) is 17.8 Å². The van der Waals surface area contributed by atoms with Crippen LogP contribution in [0.25, 0.3) is 11.1 Å². The number of rotatable bonds is 7. The molecule has 2 aromatic carbocycles. The lowest BCUT2D eigenvalue weighted by Crippen LogP contribution is -2.31. The maximum Gasteiger partial charge on any atom is 0.433 e. The number of hydrogen-bond acceptors (Lipinski definition) is 3. The Morgan fingerprint density at radius 1 is 1.03 bits per heavy atom. The molecule has 0 aliphatic heterocycles. The number of nitrogens with zero attached hydrogens (tertiary/aromatic N) is 2. The smallest absolute Gasteiger partial charge is 0.433 e. The summed E-state index contributed by atoms with van der Waals surface area (Å²) in [6.45, 7) is 2.76. The molecule has 0 fully saturated rings. The molecule has 1 N–H and O–H groups in total. The second kappa shape index (κ2) is 9.48. The van der Waals surface area contributed by atoms with Gasteiger partial charge in [-0.1, -0.05) is 62.7 Å². The third kappa shape index (κ3) is 4.76. The van der Waals surface area contributed by atoms with Crippen LogP contribution in [0.15, 0.2) is 53.3 Å². The van der Waals surface area contributed by atoms with Gasteiger partial charge in [0.25, 0.3) is 0 Å². The average Bonchev–Trinajstić information content (AvgIpc) is 3.06. The van der Waals surface area contributed by atoms with Crippen LogP contribution in [0.3, 0.4) is 0 Å². The zero-order valence-corrected chi connectivity index (χ0v) is 18.1. The number of carboxylic acids is 1. The van der Waals surface area contributed by atoms with Crippen LogP contribution in [0.5, 0.6) is 0 Å². The Labute approximate surface area is 187 Å². The maximum atomic E-state index is 13.9. The monoisotopic (exact) mass is 460 g/mol. The van der Waals surface area contributed by atoms with Crippen LogP contribution in [-0.2, 0) is 19.1 Å². The van der Waals surface area contributed by atoms with Crippen molar-refractivity contribution in [1.29, 1.82) is 0 Å². The van der Waals surface area contributed by atoms with Crippen LogP contribution in [0.2, 0.25) is 0 Å². The number of imidazole rings is 1. The lowest BCUT2D eigenvalue weighted by molar-refractivity contribution is -0.143. The van der Waals surface area contributed by atoms with Crippen molar-refractivity contribution in [2.24, 2.45) is 0 Å². The number of alkyl halides is 3. The molecule has 0 bridgehead atoms. The van der Waals surface area contributed by atoms with Gasteiger partial charge in [-0.25, -0.2) is 14.2 Å². The van der Waals surface area contributed by atoms with E-state index in [4.69, 9.17) is 0 Å². The standard InChI is InChI=1S/C24H23F3N2O4/c1-3-8-19-21(24(25,26)27)29(20(30)4-2)23(33)28(19)14-15-11-12-17(18(13-15)22(31)32)16-9-6-5-7-10-16/h5-7,9-13H,3-4,8,14H2,1-2H3,(H,31,32). The van der Waals surface area contributed by atoms with E-state index in [1.165, 1.54) is 13.0 Å². The molecule has 1 aromatic heterocycles. The summed E-state index contributed by atoms with van der Waals surface area (Å²) >= 11 is 0. The van der Waals surface area contributed by atoms with E-state index in [2.05, 4.69) is 0 Å². The van der Waals surface area contributed by atoms with Crippen LogP contribution >= 0.6 is 0 Å². The fraction of sp³-hybridized carbons (Fsp3) is 0.292. The second-order valence-corrected chi connectivity index (χ2v) is 7.55. The molecule has 3 aromatic rings. The first-order valence-corrected chi connectivity index (χ1v) is 10.5. The summed E-state index contributed by atoms with van der Waals surface area (Å²) in [6.07, 6.45) is -4.92. The summed E-state index contributed by atoms with van der Waals surface area (Å²) in [7, 11) is 0. The van der Waals surface area contributed by atoms with Crippen molar-refractivity contribution in [3.05, 3.63) is 81.5 Å². The second-order valence-electron chi connectivity index (χ2n) is 7.55. The molecule has 0 atom stereocenters. The van der Waals surface area contributed by atoms with Gasteiger partial charge >= 0.3 is 17.8 Å². The van der Waals surface area contributed by atoms with Crippen molar-refractivity contribution in [1.82, 2.24) is 9.13 Å². The molecule has 0 saturated carbocycles. The van der Waals surface area contributed by atoms with Crippen LogP contribution in [0.4, 0.5) is 13.2 Å². The predicted octanol–water partition coefficient (Wildman–Crippen LogP) is 5.08. The Morgan fingerprint density at radius 3 is 2.24 bits per heavy atom. The van der Waals surface area contributed by atoms with Crippen molar-refractivity contribution in [2.45, 2.75) is 45.8 Å². The molecule has 174 valence electrons. The molecule has 1 heterocycles. The molecule has 0 unspecified atom stereocenters. The molecule has 33 heavy (non-hydrogen) atoms. The first-order valence-electron chi connectivity index (χ1n) is 10.5. The van der Waals surface area contributed by atoms with E-state index in [-0.39, 0.29) is 35.2 Å². The van der Waals surface area contributed by atoms with Gasteiger partial charge in [-0.3, -0.25) is 9.36 Å². The maximum absolute atomic E-state index is 13.9. The van der Waals surface area contributed by atoms with Gasteiger partial charge in [-0.15, -0.1) is 0 Å². The van der Waals surface area contributed by atoms with E-state index in [1.54, 1.807) is 49.4 Å². The minimum absolute atomic E-state index is 0.0381. The van der Waals surface area contributed by atoms with E-state index >= 15 is 0 Å². The molecule has 0 aliphatic carbocycles. The van der Waals surface area contributed by atoms with E-state index in [0.29, 0.717) is 23.1 Å². The topological polar surface area (TPSA) is 81.3 Å². The highest BCUT2D eigenvalue weighted by atomic mass is 19.4. The van der Waals surface area contributed by atoms with Gasteiger partial charge in [0.1, 0.15) is 0 Å². The summed E-state index contributed by atoms with van der Waals surface area (Å²) in [6, 6.07) is 13.3. The zero-order valence-electron chi connectivity index (χ0n) is 18.1. The number of carboxylic acid groups (broad SMARTS) is 1. The van der Waals surface area contributed by atoms with Crippen molar-refractivity contribution in [2.75, 3.05) is 0 Å². The van der Waals surface area contributed by atoms with Gasteiger partial charge < -0.3 is 5.11 Å². The summed E-state index contributed by atoms with van der Waals surface area (Å²) in [5, 5.41) is 9.70. The molecule has 0 radical (unpaired) electrons. The zero-order chi connectivity index (χ0) is 24.3. The highest BCUT2D eigenvalue weighted by Crippen LogP contribution is 2.33. The fourth-order valence-electron chi connectivity index (χ4n) is 3.84. The molecule has 0 spiro atoms. The summed E-state index contributed by atoms with van der Waals surface area (Å²) < 4.78 is 42.7. The van der Waals surface area contributed by atoms with Gasteiger partial charge in [0.2, 0.25) is 5.91 Å². The number of carbonyl (C=O) groups is 2. The van der Waals surface area contributed by atoms with Crippen LogP contribution in [0.1, 0.15) is 58.8 Å². The third-order valence-corrected chi connectivity index (χ3v) is 5.29. The van der Waals surface area contributed by atoms with Gasteiger partial charge in [0.15, 0.2) is 5.69 Å². The number of aromatic nitrogens is 2. The molecule has 9 heteroatoms. The first kappa shape index (κ1) is 24.0. The lowest BCUT2D eigenvalue weighted by Gasteiger charge is -2.13. The van der Waals surface area contributed by atoms with Gasteiger partial charge in [-0.2, -0.15) is 13.2 Å². The first-order chi connectivity index (χ1) is 15.6. The number of hydrogen-bond donors (Lipinski definition) is 1. The predicted molar refractivity (Wildman–Crippen MR) is 117 cm³/mol. The average molecular weight is 460 g/mol. The largest absolute Gasteiger partial charge is 0.478 e. The summed E-state index contributed by atoms with van der Waals surface area (Å²) in [5.74, 6) is -2.15. The molecule has 0 saturated heterocycles. The van der Waals surface area contributed by atoms with Crippen molar-refractivity contribution < 1.29 is 27.9 Å². The van der Waals surface area contributed by atoms with Crippen LogP contribution in [-0.4, -0.2) is 26.1 Å². The Hall–Kier alpha value is -3.62. The minimum Gasteiger partial charge on any atom is -0.478 e. The summed E-state index contributed by atoms with van der Waals surface area (Å²) in [4.78, 5) is 37.1. The van der Waals surface area contributed by atoms with Crippen molar-refractivity contribution >= 4 is 11.9 Å². The molecular weight excluding hydrogens is 437 g/mol. The lowest BCUT2D eigenvalue weighted by atomic mass is 9.97. The van der Waals surface area contributed by atoms with Crippen LogP contribution < -0.4 is 5.69 Å². The van der Waals surface area contributed by atoms with E-state index in [1.807, 2.05) is 0 Å². The van der Waals surface area contributed by atoms with Crippen molar-refractivity contribution in [3.8, 4) is 11.1 Å². The molecular formula is C24H23F3N2O4. The highest BCUT2D eigenvalue weighted by Gasteiger charge is 2.41. The number of benzene rings is 2. The quantitative estimate of drug-likeness (QED) is 0.533. The molecule has 0 aliphatic rings. The number of aromatic carboxylic acids is 1. The van der Waals surface area contributed by atoms with E-state index in [0.717, 1.165) is 4.57 Å². The van der Waals surface area contributed by atoms with Gasteiger partial charge in [-0.05, 0) is 29.2 Å². The minimum atomic E-state index is -4.90. The SMILES string of the molecule is CCCc1c(C(F)(F)F)n(C(=O)CC)c(=O)n1Cc1ccc(-c2ccccc2)c(C(=O)O)c1. The van der Waals surface area contributed by atoms with Gasteiger partial charge in [0, 0.05) is 6.42 Å². The molecule has 0 amide bonds. The third-order valence-electron chi connectivity index (χ3n) is 5.29. The van der Waals surface area contributed by atoms with E-state index < -0.39 is 29.4 Å². The normalized spacial score (nSPS) is 11.5. The van der Waals surface area contributed by atoms with Crippen LogP contribution in [0, 0.1) is 0 Å². The summed E-state index contributed by atoms with van der Waals surface area (Å²) in [5.41, 5.74) is -1.22. The highest BCUT2D eigenvalue weighted by molar-refractivity contribution is 5.96. The molecule has 6 nitrogen and oxygen atoms in total. The fourth-order valence-corrected chi connectivity index (χ4v) is 3.84. The Morgan fingerprint density at radius 2 is 1.70 bits per heavy atom. The number of carbonyl (C=O) groups excluding carboxylic acids is 1. The Balaban J connectivity index is 2.18. The van der Waals surface area contributed by atoms with E-state index in [9.17, 15) is 32.7 Å². The Bertz CT molecular complexity index is 1240. The Kier molecular flexibility index (Phi) is 6.90.